The number of aromatic amines is 1. The van der Waals surface area contributed by atoms with E-state index in [-0.39, 0.29) is 5.82 Å². The number of hydrogen-bond donors (Lipinski definition) is 1. The molecule has 96 valence electrons. The van der Waals surface area contributed by atoms with Crippen LogP contribution < -0.4 is 0 Å². The van der Waals surface area contributed by atoms with E-state index in [2.05, 4.69) is 4.98 Å². The van der Waals surface area contributed by atoms with Crippen LogP contribution in [0.5, 0.6) is 0 Å². The summed E-state index contributed by atoms with van der Waals surface area (Å²) in [6.07, 6.45) is 0. The molecule has 0 atom stereocenters. The molecule has 0 saturated heterocycles. The van der Waals surface area contributed by atoms with Crippen LogP contribution in [0.4, 0.5) is 4.39 Å². The maximum atomic E-state index is 13.7. The minimum atomic E-state index is -0.229. The van der Waals surface area contributed by atoms with Crippen LogP contribution in [0, 0.1) is 10.6 Å². The summed E-state index contributed by atoms with van der Waals surface area (Å²) in [5.74, 6) is -0.229. The molecular formula is C14H10ClFN2S. The molecule has 0 aliphatic rings. The molecule has 0 spiro atoms. The molecule has 1 aromatic heterocycles. The Balaban J connectivity index is 2.13. The summed E-state index contributed by atoms with van der Waals surface area (Å²) in [5, 5.41) is 0.641. The number of hydrogen-bond acceptors (Lipinski definition) is 1. The van der Waals surface area contributed by atoms with Gasteiger partial charge in [0.1, 0.15) is 5.82 Å². The predicted octanol–water partition coefficient (Wildman–Crippen LogP) is 4.54. The van der Waals surface area contributed by atoms with Crippen molar-refractivity contribution in [2.75, 3.05) is 0 Å². The van der Waals surface area contributed by atoms with Crippen molar-refractivity contribution < 1.29 is 4.39 Å². The highest BCUT2D eigenvalue weighted by atomic mass is 35.5. The SMILES string of the molecule is Fc1ccccc1Cn1c(=S)[nH]c2cc(Cl)ccc21. The molecule has 19 heavy (non-hydrogen) atoms. The lowest BCUT2D eigenvalue weighted by Crippen LogP contribution is -2.01. The summed E-state index contributed by atoms with van der Waals surface area (Å²) < 4.78 is 16.1. The standard InChI is InChI=1S/C14H10ClFN2S/c15-10-5-6-13-12(7-10)17-14(19)18(13)8-9-3-1-2-4-11(9)16/h1-7H,8H2,(H,17,19). The van der Waals surface area contributed by atoms with E-state index in [1.165, 1.54) is 6.07 Å². The summed E-state index contributed by atoms with van der Waals surface area (Å²) in [7, 11) is 0. The smallest absolute Gasteiger partial charge is 0.178 e. The number of benzene rings is 2. The largest absolute Gasteiger partial charge is 0.331 e. The number of aromatic nitrogens is 2. The first-order valence-electron chi connectivity index (χ1n) is 5.76. The Bertz CT molecular complexity index is 807. The predicted molar refractivity (Wildman–Crippen MR) is 77.6 cm³/mol. The summed E-state index contributed by atoms with van der Waals surface area (Å²) >= 11 is 11.2. The van der Waals surface area contributed by atoms with Crippen LogP contribution in [0.15, 0.2) is 42.5 Å². The molecule has 0 fully saturated rings. The zero-order valence-electron chi connectivity index (χ0n) is 9.86. The number of halogens is 2. The third kappa shape index (κ3) is 2.29. The normalized spacial score (nSPS) is 11.1. The fourth-order valence-electron chi connectivity index (χ4n) is 2.09. The topological polar surface area (TPSA) is 20.7 Å². The highest BCUT2D eigenvalue weighted by Crippen LogP contribution is 2.20. The van der Waals surface area contributed by atoms with Crippen LogP contribution in [-0.4, -0.2) is 9.55 Å². The second kappa shape index (κ2) is 4.79. The van der Waals surface area contributed by atoms with Crippen molar-refractivity contribution in [3.05, 3.63) is 63.6 Å². The molecule has 0 unspecified atom stereocenters. The van der Waals surface area contributed by atoms with E-state index in [0.717, 1.165) is 11.0 Å². The number of nitrogens with zero attached hydrogens (tertiary/aromatic N) is 1. The summed E-state index contributed by atoms with van der Waals surface area (Å²) in [5.41, 5.74) is 2.38. The van der Waals surface area contributed by atoms with Crippen LogP contribution >= 0.6 is 23.8 Å². The van der Waals surface area contributed by atoms with Gasteiger partial charge < -0.3 is 9.55 Å². The molecule has 0 amide bonds. The molecule has 0 aliphatic carbocycles. The highest BCUT2D eigenvalue weighted by Gasteiger charge is 2.08. The maximum Gasteiger partial charge on any atom is 0.178 e. The van der Waals surface area contributed by atoms with Crippen LogP contribution in [-0.2, 0) is 6.54 Å². The Labute approximate surface area is 119 Å². The van der Waals surface area contributed by atoms with E-state index in [4.69, 9.17) is 23.8 Å². The number of fused-ring (bicyclic) bond motifs is 1. The first-order chi connectivity index (χ1) is 9.15. The van der Waals surface area contributed by atoms with Crippen LogP contribution in [0.3, 0.4) is 0 Å². The van der Waals surface area contributed by atoms with Crippen molar-refractivity contribution in [3.8, 4) is 0 Å². The van der Waals surface area contributed by atoms with Crippen LogP contribution in [0.1, 0.15) is 5.56 Å². The van der Waals surface area contributed by atoms with Gasteiger partial charge in [-0.15, -0.1) is 0 Å². The van der Waals surface area contributed by atoms with Gasteiger partial charge in [-0.3, -0.25) is 0 Å². The second-order valence-corrected chi connectivity index (χ2v) is 5.09. The average Bonchev–Trinajstić information content (AvgIpc) is 2.68. The van der Waals surface area contributed by atoms with Gasteiger partial charge in [-0.1, -0.05) is 29.8 Å². The molecule has 0 saturated carbocycles. The van der Waals surface area contributed by atoms with Crippen LogP contribution in [0.25, 0.3) is 11.0 Å². The first-order valence-corrected chi connectivity index (χ1v) is 6.55. The number of rotatable bonds is 2. The second-order valence-electron chi connectivity index (χ2n) is 4.27. The lowest BCUT2D eigenvalue weighted by molar-refractivity contribution is 0.600. The molecule has 0 bridgehead atoms. The fraction of sp³-hybridized carbons (Fsp3) is 0.0714. The van der Waals surface area contributed by atoms with Gasteiger partial charge in [0, 0.05) is 10.6 Å². The Kier molecular flexibility index (Phi) is 3.12. The molecule has 3 rings (SSSR count). The highest BCUT2D eigenvalue weighted by molar-refractivity contribution is 7.71. The molecule has 5 heteroatoms. The van der Waals surface area contributed by atoms with E-state index < -0.39 is 0 Å². The average molecular weight is 293 g/mol. The van der Waals surface area contributed by atoms with Gasteiger partial charge in [-0.2, -0.15) is 0 Å². The summed E-state index contributed by atoms with van der Waals surface area (Å²) in [6, 6.07) is 12.2. The van der Waals surface area contributed by atoms with Gasteiger partial charge in [0.2, 0.25) is 0 Å². The molecule has 0 aliphatic heterocycles. The van der Waals surface area contributed by atoms with Crippen LogP contribution in [0.2, 0.25) is 5.02 Å². The first kappa shape index (κ1) is 12.4. The lowest BCUT2D eigenvalue weighted by atomic mass is 10.2. The monoisotopic (exact) mass is 292 g/mol. The lowest BCUT2D eigenvalue weighted by Gasteiger charge is -2.06. The molecule has 1 heterocycles. The zero-order chi connectivity index (χ0) is 13.4. The Morgan fingerprint density at radius 3 is 2.79 bits per heavy atom. The Morgan fingerprint density at radius 2 is 2.00 bits per heavy atom. The summed E-state index contributed by atoms with van der Waals surface area (Å²) in [4.78, 5) is 3.08. The maximum absolute atomic E-state index is 13.7. The van der Waals surface area contributed by atoms with E-state index in [1.807, 2.05) is 22.8 Å². The van der Waals surface area contributed by atoms with Gasteiger partial charge in [0.05, 0.1) is 17.6 Å². The number of imidazole rings is 1. The van der Waals surface area contributed by atoms with Crippen molar-refractivity contribution >= 4 is 34.9 Å². The van der Waals surface area contributed by atoms with Gasteiger partial charge in [-0.25, -0.2) is 4.39 Å². The molecule has 2 nitrogen and oxygen atoms in total. The molecule has 2 aromatic carbocycles. The van der Waals surface area contributed by atoms with E-state index in [9.17, 15) is 4.39 Å². The van der Waals surface area contributed by atoms with Crippen molar-refractivity contribution in [3.63, 3.8) is 0 Å². The van der Waals surface area contributed by atoms with E-state index in [1.54, 1.807) is 18.2 Å². The minimum Gasteiger partial charge on any atom is -0.331 e. The molecule has 1 N–H and O–H groups in total. The van der Waals surface area contributed by atoms with Crippen molar-refractivity contribution in [2.24, 2.45) is 0 Å². The molecule has 0 radical (unpaired) electrons. The Hall–Kier alpha value is -1.65. The summed E-state index contributed by atoms with van der Waals surface area (Å²) in [6.45, 7) is 0.396. The zero-order valence-corrected chi connectivity index (χ0v) is 11.4. The fourth-order valence-corrected chi connectivity index (χ4v) is 2.53. The van der Waals surface area contributed by atoms with Gasteiger partial charge >= 0.3 is 0 Å². The van der Waals surface area contributed by atoms with Gasteiger partial charge in [0.15, 0.2) is 4.77 Å². The van der Waals surface area contributed by atoms with Gasteiger partial charge in [0.25, 0.3) is 0 Å². The number of H-pyrrole nitrogens is 1. The molecule has 3 aromatic rings. The van der Waals surface area contributed by atoms with Gasteiger partial charge in [-0.05, 0) is 36.5 Å². The third-order valence-corrected chi connectivity index (χ3v) is 3.58. The quantitative estimate of drug-likeness (QED) is 0.688. The van der Waals surface area contributed by atoms with E-state index >= 15 is 0 Å². The third-order valence-electron chi connectivity index (χ3n) is 3.02. The van der Waals surface area contributed by atoms with E-state index in [0.29, 0.717) is 21.9 Å². The van der Waals surface area contributed by atoms with Crippen molar-refractivity contribution in [1.82, 2.24) is 9.55 Å². The van der Waals surface area contributed by atoms with Crippen molar-refractivity contribution in [1.29, 1.82) is 0 Å². The number of nitrogens with one attached hydrogen (secondary N) is 1. The molecular weight excluding hydrogens is 283 g/mol. The minimum absolute atomic E-state index is 0.229. The van der Waals surface area contributed by atoms with Crippen molar-refractivity contribution in [2.45, 2.75) is 6.54 Å². The Morgan fingerprint density at radius 1 is 1.21 bits per heavy atom.